The van der Waals surface area contributed by atoms with E-state index in [1.165, 1.54) is 0 Å². The normalized spacial score (nSPS) is 13.6. The lowest BCUT2D eigenvalue weighted by Gasteiger charge is -2.20. The summed E-state index contributed by atoms with van der Waals surface area (Å²) in [5, 5.41) is 0. The molecule has 2 N–H and O–H groups in total. The third-order valence-electron chi connectivity index (χ3n) is 4.06. The zero-order valence-corrected chi connectivity index (χ0v) is 13.8. The predicted octanol–water partition coefficient (Wildman–Crippen LogP) is 2.33. The number of amides is 1. The van der Waals surface area contributed by atoms with Crippen molar-refractivity contribution in [1.82, 2.24) is 4.90 Å². The van der Waals surface area contributed by atoms with Crippen LogP contribution in [0.15, 0.2) is 48.5 Å². The fourth-order valence-corrected chi connectivity index (χ4v) is 2.77. The molecule has 126 valence electrons. The summed E-state index contributed by atoms with van der Waals surface area (Å²) < 4.78 is 10.7. The topological polar surface area (TPSA) is 64.8 Å². The monoisotopic (exact) mass is 326 g/mol. The minimum absolute atomic E-state index is 0.0381. The van der Waals surface area contributed by atoms with Crippen LogP contribution in [0.1, 0.15) is 17.5 Å². The van der Waals surface area contributed by atoms with Gasteiger partial charge in [0.1, 0.15) is 0 Å². The molecule has 24 heavy (non-hydrogen) atoms. The molecule has 0 aromatic heterocycles. The Balaban J connectivity index is 1.53. The highest BCUT2D eigenvalue weighted by molar-refractivity contribution is 5.76. The van der Waals surface area contributed by atoms with Gasteiger partial charge in [-0.15, -0.1) is 0 Å². The van der Waals surface area contributed by atoms with Gasteiger partial charge in [0, 0.05) is 26.1 Å². The van der Waals surface area contributed by atoms with E-state index < -0.39 is 0 Å². The number of nitrogens with two attached hydrogens (primary N) is 1. The third-order valence-corrected chi connectivity index (χ3v) is 4.06. The van der Waals surface area contributed by atoms with Gasteiger partial charge in [-0.1, -0.05) is 36.4 Å². The number of fused-ring (bicyclic) bond motifs is 1. The molecule has 1 heterocycles. The Morgan fingerprint density at radius 2 is 1.88 bits per heavy atom. The SMILES string of the molecule is CN(Cc1ccc2c(c1)OCO2)C(=O)C[C@H](N)Cc1ccccc1. The maximum Gasteiger partial charge on any atom is 0.231 e. The molecule has 0 saturated heterocycles. The van der Waals surface area contributed by atoms with Gasteiger partial charge in [0.15, 0.2) is 11.5 Å². The van der Waals surface area contributed by atoms with Crippen molar-refractivity contribution in [3.05, 3.63) is 59.7 Å². The van der Waals surface area contributed by atoms with E-state index in [0.29, 0.717) is 19.4 Å². The van der Waals surface area contributed by atoms with Gasteiger partial charge >= 0.3 is 0 Å². The number of carbonyl (C=O) groups excluding carboxylic acids is 1. The van der Waals surface area contributed by atoms with Crippen LogP contribution in [0.4, 0.5) is 0 Å². The van der Waals surface area contributed by atoms with E-state index in [4.69, 9.17) is 15.2 Å². The molecule has 3 rings (SSSR count). The summed E-state index contributed by atoms with van der Waals surface area (Å²) >= 11 is 0. The maximum absolute atomic E-state index is 12.4. The van der Waals surface area contributed by atoms with Crippen molar-refractivity contribution in [2.24, 2.45) is 5.73 Å². The van der Waals surface area contributed by atoms with Crippen LogP contribution < -0.4 is 15.2 Å². The number of ether oxygens (including phenoxy) is 2. The fourth-order valence-electron chi connectivity index (χ4n) is 2.77. The highest BCUT2D eigenvalue weighted by Crippen LogP contribution is 2.32. The summed E-state index contributed by atoms with van der Waals surface area (Å²) in [5.41, 5.74) is 8.28. The molecule has 1 aliphatic rings. The van der Waals surface area contributed by atoms with Crippen LogP contribution in [0.3, 0.4) is 0 Å². The average molecular weight is 326 g/mol. The van der Waals surface area contributed by atoms with Crippen LogP contribution in [-0.4, -0.2) is 30.7 Å². The van der Waals surface area contributed by atoms with Crippen molar-refractivity contribution in [1.29, 1.82) is 0 Å². The highest BCUT2D eigenvalue weighted by atomic mass is 16.7. The molecule has 0 radical (unpaired) electrons. The first-order chi connectivity index (χ1) is 11.6. The molecule has 0 bridgehead atoms. The van der Waals surface area contributed by atoms with E-state index >= 15 is 0 Å². The first-order valence-electron chi connectivity index (χ1n) is 8.04. The van der Waals surface area contributed by atoms with Crippen LogP contribution in [0.25, 0.3) is 0 Å². The van der Waals surface area contributed by atoms with E-state index in [2.05, 4.69) is 0 Å². The van der Waals surface area contributed by atoms with Crippen molar-refractivity contribution >= 4 is 5.91 Å². The van der Waals surface area contributed by atoms with E-state index in [1.54, 1.807) is 11.9 Å². The summed E-state index contributed by atoms with van der Waals surface area (Å²) in [6, 6.07) is 15.5. The molecular formula is C19H22N2O3. The number of benzene rings is 2. The quantitative estimate of drug-likeness (QED) is 0.885. The molecule has 0 aliphatic carbocycles. The van der Waals surface area contributed by atoms with Gasteiger partial charge in [-0.25, -0.2) is 0 Å². The summed E-state index contributed by atoms with van der Waals surface area (Å²) in [4.78, 5) is 14.1. The molecule has 2 aromatic carbocycles. The van der Waals surface area contributed by atoms with E-state index in [-0.39, 0.29) is 18.7 Å². The van der Waals surface area contributed by atoms with Crippen LogP contribution in [0.2, 0.25) is 0 Å². The van der Waals surface area contributed by atoms with Crippen molar-refractivity contribution in [3.63, 3.8) is 0 Å². The Morgan fingerprint density at radius 1 is 1.12 bits per heavy atom. The molecule has 5 nitrogen and oxygen atoms in total. The summed E-state index contributed by atoms with van der Waals surface area (Å²) in [5.74, 6) is 1.52. The second-order valence-electron chi connectivity index (χ2n) is 6.09. The maximum atomic E-state index is 12.4. The lowest BCUT2D eigenvalue weighted by atomic mass is 10.0. The molecule has 0 saturated carbocycles. The minimum Gasteiger partial charge on any atom is -0.454 e. The third kappa shape index (κ3) is 4.06. The standard InChI is InChI=1S/C19H22N2O3/c1-21(12-15-7-8-17-18(10-15)24-13-23-17)19(22)11-16(20)9-14-5-3-2-4-6-14/h2-8,10,16H,9,11-13,20H2,1H3/t16-/m1/s1. The van der Waals surface area contributed by atoms with Crippen LogP contribution in [0, 0.1) is 0 Å². The zero-order valence-electron chi connectivity index (χ0n) is 13.8. The molecule has 5 heteroatoms. The van der Waals surface area contributed by atoms with Gasteiger partial charge < -0.3 is 20.1 Å². The molecule has 1 amide bonds. The van der Waals surface area contributed by atoms with E-state index in [1.807, 2.05) is 48.5 Å². The van der Waals surface area contributed by atoms with Crippen molar-refractivity contribution in [3.8, 4) is 11.5 Å². The summed E-state index contributed by atoms with van der Waals surface area (Å²) in [7, 11) is 1.79. The van der Waals surface area contributed by atoms with Crippen LogP contribution in [0.5, 0.6) is 11.5 Å². The smallest absolute Gasteiger partial charge is 0.231 e. The molecule has 0 fully saturated rings. The average Bonchev–Trinajstić information content (AvgIpc) is 3.03. The molecule has 1 atom stereocenters. The minimum atomic E-state index is -0.181. The van der Waals surface area contributed by atoms with Crippen molar-refractivity contribution in [2.45, 2.75) is 25.4 Å². The predicted molar refractivity (Wildman–Crippen MR) is 91.8 cm³/mol. The number of hydrogen-bond donors (Lipinski definition) is 1. The Bertz CT molecular complexity index is 703. The van der Waals surface area contributed by atoms with E-state index in [9.17, 15) is 4.79 Å². The van der Waals surface area contributed by atoms with Gasteiger partial charge in [-0.05, 0) is 29.7 Å². The molecule has 0 unspecified atom stereocenters. The number of rotatable bonds is 6. The lowest BCUT2D eigenvalue weighted by Crippen LogP contribution is -2.34. The molecule has 1 aliphatic heterocycles. The lowest BCUT2D eigenvalue weighted by molar-refractivity contribution is -0.130. The molecule has 0 spiro atoms. The molecule has 2 aromatic rings. The van der Waals surface area contributed by atoms with Crippen LogP contribution >= 0.6 is 0 Å². The second-order valence-corrected chi connectivity index (χ2v) is 6.09. The van der Waals surface area contributed by atoms with Gasteiger partial charge in [0.25, 0.3) is 0 Å². The van der Waals surface area contributed by atoms with Gasteiger partial charge in [0.05, 0.1) is 0 Å². The Kier molecular flexibility index (Phi) is 5.01. The van der Waals surface area contributed by atoms with Crippen molar-refractivity contribution in [2.75, 3.05) is 13.8 Å². The fraction of sp³-hybridized carbons (Fsp3) is 0.316. The summed E-state index contributed by atoms with van der Waals surface area (Å²) in [6.45, 7) is 0.773. The van der Waals surface area contributed by atoms with E-state index in [0.717, 1.165) is 22.6 Å². The second kappa shape index (κ2) is 7.36. The van der Waals surface area contributed by atoms with Gasteiger partial charge in [-0.2, -0.15) is 0 Å². The van der Waals surface area contributed by atoms with Crippen LogP contribution in [-0.2, 0) is 17.8 Å². The van der Waals surface area contributed by atoms with Crippen molar-refractivity contribution < 1.29 is 14.3 Å². The number of carbonyl (C=O) groups is 1. The number of nitrogens with zero attached hydrogens (tertiary/aromatic N) is 1. The first kappa shape index (κ1) is 16.3. The first-order valence-corrected chi connectivity index (χ1v) is 8.04. The van der Waals surface area contributed by atoms with Gasteiger partial charge in [-0.3, -0.25) is 4.79 Å². The largest absolute Gasteiger partial charge is 0.454 e. The highest BCUT2D eigenvalue weighted by Gasteiger charge is 2.17. The Hall–Kier alpha value is -2.53. The molecular weight excluding hydrogens is 304 g/mol. The number of hydrogen-bond acceptors (Lipinski definition) is 4. The summed E-state index contributed by atoms with van der Waals surface area (Å²) in [6.07, 6.45) is 1.03. The Labute approximate surface area is 142 Å². The Morgan fingerprint density at radius 3 is 2.67 bits per heavy atom. The zero-order chi connectivity index (χ0) is 16.9. The van der Waals surface area contributed by atoms with Gasteiger partial charge in [0.2, 0.25) is 12.7 Å².